The molecule has 1 saturated heterocycles. The number of ether oxygens (including phenoxy) is 2. The summed E-state index contributed by atoms with van der Waals surface area (Å²) in [6, 6.07) is 25.6. The number of aryl methyl sites for hydroxylation is 1. The van der Waals surface area contributed by atoms with Crippen molar-refractivity contribution in [3.05, 3.63) is 105 Å². The quantitative estimate of drug-likeness (QED) is 0.250. The third kappa shape index (κ3) is 5.82. The number of hydrogen-bond donors (Lipinski definition) is 1. The van der Waals surface area contributed by atoms with Crippen LogP contribution in [0.2, 0.25) is 5.02 Å². The summed E-state index contributed by atoms with van der Waals surface area (Å²) in [4.78, 5) is 17.7. The van der Waals surface area contributed by atoms with Crippen LogP contribution in [0.3, 0.4) is 0 Å². The van der Waals surface area contributed by atoms with Crippen molar-refractivity contribution in [2.75, 3.05) is 6.61 Å². The van der Waals surface area contributed by atoms with Gasteiger partial charge in [0.25, 0.3) is 5.91 Å². The van der Waals surface area contributed by atoms with Gasteiger partial charge in [-0.05, 0) is 89.5 Å². The molecule has 37 heavy (non-hydrogen) atoms. The molecule has 4 aromatic rings. The van der Waals surface area contributed by atoms with Crippen LogP contribution >= 0.6 is 23.4 Å². The minimum atomic E-state index is -0.190. The topological polar surface area (TPSA) is 59.9 Å². The number of hydrogen-bond acceptors (Lipinski definition) is 5. The lowest BCUT2D eigenvalue weighted by Gasteiger charge is -2.14. The van der Waals surface area contributed by atoms with Gasteiger partial charge in [-0.3, -0.25) is 4.79 Å². The lowest BCUT2D eigenvalue weighted by atomic mass is 10.1. The number of amidine groups is 1. The number of thioether (sulfide) groups is 1. The van der Waals surface area contributed by atoms with E-state index >= 15 is 0 Å². The van der Waals surface area contributed by atoms with E-state index in [4.69, 9.17) is 21.1 Å². The maximum Gasteiger partial charge on any atom is 0.264 e. The van der Waals surface area contributed by atoms with Crippen LogP contribution in [-0.2, 0) is 11.4 Å². The second-order valence-electron chi connectivity index (χ2n) is 8.48. The zero-order chi connectivity index (χ0) is 25.8. The molecule has 1 aliphatic rings. The van der Waals surface area contributed by atoms with E-state index in [1.807, 2.05) is 68.5 Å². The smallest absolute Gasteiger partial charge is 0.264 e. The highest BCUT2D eigenvalue weighted by molar-refractivity contribution is 8.18. The Morgan fingerprint density at radius 2 is 1.81 bits per heavy atom. The van der Waals surface area contributed by atoms with Crippen molar-refractivity contribution < 1.29 is 14.3 Å². The average Bonchev–Trinajstić information content (AvgIpc) is 3.23. The fourth-order valence-corrected chi connectivity index (χ4v) is 5.12. The first kappa shape index (κ1) is 24.9. The van der Waals surface area contributed by atoms with Gasteiger partial charge in [-0.1, -0.05) is 60.1 Å². The van der Waals surface area contributed by atoms with Crippen molar-refractivity contribution in [2.24, 2.45) is 4.99 Å². The molecular formula is C30H25ClN2O3S. The summed E-state index contributed by atoms with van der Waals surface area (Å²) in [6.07, 6.45) is 1.83. The summed E-state index contributed by atoms with van der Waals surface area (Å²) in [6.45, 7) is 4.78. The zero-order valence-electron chi connectivity index (χ0n) is 20.5. The van der Waals surface area contributed by atoms with E-state index in [1.165, 1.54) is 22.5 Å². The first-order chi connectivity index (χ1) is 18.0. The Hall–Kier alpha value is -3.74. The van der Waals surface area contributed by atoms with E-state index in [1.54, 1.807) is 6.07 Å². The van der Waals surface area contributed by atoms with Gasteiger partial charge in [0.05, 0.1) is 17.2 Å². The van der Waals surface area contributed by atoms with Crippen LogP contribution in [0.1, 0.15) is 23.6 Å². The lowest BCUT2D eigenvalue weighted by molar-refractivity contribution is -0.115. The van der Waals surface area contributed by atoms with Crippen LogP contribution in [0.4, 0.5) is 5.69 Å². The molecular weight excluding hydrogens is 504 g/mol. The van der Waals surface area contributed by atoms with Crippen molar-refractivity contribution in [3.63, 3.8) is 0 Å². The van der Waals surface area contributed by atoms with Crippen LogP contribution < -0.4 is 14.8 Å². The van der Waals surface area contributed by atoms with Crippen LogP contribution in [0.5, 0.6) is 11.5 Å². The summed E-state index contributed by atoms with van der Waals surface area (Å²) in [5.74, 6) is 1.09. The highest BCUT2D eigenvalue weighted by atomic mass is 35.5. The number of nitrogens with zero attached hydrogens (tertiary/aromatic N) is 1. The molecule has 1 amide bonds. The predicted molar refractivity (Wildman–Crippen MR) is 153 cm³/mol. The number of fused-ring (bicyclic) bond motifs is 1. The number of halogens is 1. The van der Waals surface area contributed by atoms with Crippen LogP contribution in [0.25, 0.3) is 16.8 Å². The number of nitrogens with one attached hydrogen (secondary N) is 1. The molecule has 1 fully saturated rings. The van der Waals surface area contributed by atoms with Gasteiger partial charge in [0.15, 0.2) is 16.7 Å². The SMILES string of the molecule is CCOc1cc(/C=C2\SC(=Nc3ccc(Cl)cc3C)NC2=O)ccc1OCc1cccc2ccccc12. The fraction of sp³-hybridized carbons (Fsp3) is 0.133. The van der Waals surface area contributed by atoms with Gasteiger partial charge in [0, 0.05) is 5.02 Å². The molecule has 1 aliphatic heterocycles. The number of benzene rings is 4. The standard InChI is InChI=1S/C30H25ClN2O3S/c1-3-35-27-16-20(11-14-26(27)36-18-22-9-6-8-21-7-4-5-10-24(21)22)17-28-29(34)33-30(37-28)32-25-13-12-23(31)15-19(25)2/h4-17H,3,18H2,1-2H3,(H,32,33,34)/b28-17-. The zero-order valence-corrected chi connectivity index (χ0v) is 22.0. The van der Waals surface area contributed by atoms with Crippen molar-refractivity contribution >= 4 is 57.0 Å². The maximum atomic E-state index is 12.6. The van der Waals surface area contributed by atoms with Crippen LogP contribution in [0.15, 0.2) is 88.8 Å². The normalized spacial score (nSPS) is 15.4. The van der Waals surface area contributed by atoms with E-state index in [-0.39, 0.29) is 5.91 Å². The number of carbonyl (C=O) groups is 1. The minimum Gasteiger partial charge on any atom is -0.490 e. The third-order valence-electron chi connectivity index (χ3n) is 5.86. The van der Waals surface area contributed by atoms with Crippen molar-refractivity contribution in [1.82, 2.24) is 5.32 Å². The van der Waals surface area contributed by atoms with E-state index in [0.717, 1.165) is 22.4 Å². The summed E-state index contributed by atoms with van der Waals surface area (Å²) in [5.41, 5.74) is 3.64. The second kappa shape index (κ2) is 11.1. The van der Waals surface area contributed by atoms with E-state index in [0.29, 0.717) is 39.8 Å². The molecule has 0 spiro atoms. The Morgan fingerprint density at radius 3 is 2.65 bits per heavy atom. The largest absolute Gasteiger partial charge is 0.490 e. The molecule has 4 aromatic carbocycles. The van der Waals surface area contributed by atoms with Gasteiger partial charge in [0.2, 0.25) is 0 Å². The molecule has 0 aliphatic carbocycles. The number of amides is 1. The minimum absolute atomic E-state index is 0.190. The summed E-state index contributed by atoms with van der Waals surface area (Å²) < 4.78 is 12.0. The molecule has 186 valence electrons. The van der Waals surface area contributed by atoms with Gasteiger partial charge in [0.1, 0.15) is 6.61 Å². The van der Waals surface area contributed by atoms with Crippen LogP contribution in [-0.4, -0.2) is 17.7 Å². The fourth-order valence-electron chi connectivity index (χ4n) is 4.06. The Kier molecular flexibility index (Phi) is 7.49. The molecule has 0 bridgehead atoms. The highest BCUT2D eigenvalue weighted by Gasteiger charge is 2.24. The Balaban J connectivity index is 1.35. The molecule has 0 unspecified atom stereocenters. The Morgan fingerprint density at radius 1 is 0.973 bits per heavy atom. The molecule has 0 saturated carbocycles. The molecule has 1 heterocycles. The summed E-state index contributed by atoms with van der Waals surface area (Å²) in [5, 5.41) is 6.36. The molecule has 5 rings (SSSR count). The monoisotopic (exact) mass is 528 g/mol. The van der Waals surface area contributed by atoms with Gasteiger partial charge in [-0.15, -0.1) is 0 Å². The molecule has 0 radical (unpaired) electrons. The highest BCUT2D eigenvalue weighted by Crippen LogP contribution is 2.34. The van der Waals surface area contributed by atoms with Gasteiger partial charge >= 0.3 is 0 Å². The van der Waals surface area contributed by atoms with Gasteiger partial charge in [-0.25, -0.2) is 4.99 Å². The van der Waals surface area contributed by atoms with Crippen LogP contribution in [0, 0.1) is 6.92 Å². The molecule has 5 nitrogen and oxygen atoms in total. The maximum absolute atomic E-state index is 12.6. The van der Waals surface area contributed by atoms with E-state index in [9.17, 15) is 4.79 Å². The number of aliphatic imine (C=N–C) groups is 1. The average molecular weight is 529 g/mol. The molecule has 0 atom stereocenters. The lowest BCUT2D eigenvalue weighted by Crippen LogP contribution is -2.19. The molecule has 0 aromatic heterocycles. The Labute approximate surface area is 225 Å². The number of rotatable bonds is 7. The van der Waals surface area contributed by atoms with E-state index in [2.05, 4.69) is 34.6 Å². The first-order valence-electron chi connectivity index (χ1n) is 11.9. The molecule has 1 N–H and O–H groups in total. The summed E-state index contributed by atoms with van der Waals surface area (Å²) >= 11 is 7.34. The van der Waals surface area contributed by atoms with Crippen molar-refractivity contribution in [1.29, 1.82) is 0 Å². The summed E-state index contributed by atoms with van der Waals surface area (Å²) in [7, 11) is 0. The third-order valence-corrected chi connectivity index (χ3v) is 7.01. The van der Waals surface area contributed by atoms with Gasteiger partial charge in [-0.2, -0.15) is 0 Å². The second-order valence-corrected chi connectivity index (χ2v) is 9.95. The predicted octanol–water partition coefficient (Wildman–Crippen LogP) is 7.67. The van der Waals surface area contributed by atoms with Gasteiger partial charge < -0.3 is 14.8 Å². The first-order valence-corrected chi connectivity index (χ1v) is 13.1. The Bertz CT molecular complexity index is 1540. The van der Waals surface area contributed by atoms with E-state index < -0.39 is 0 Å². The van der Waals surface area contributed by atoms with Crippen molar-refractivity contribution in [2.45, 2.75) is 20.5 Å². The number of carbonyl (C=O) groups excluding carboxylic acids is 1. The molecule has 7 heteroatoms. The van der Waals surface area contributed by atoms with Crippen molar-refractivity contribution in [3.8, 4) is 11.5 Å².